The van der Waals surface area contributed by atoms with E-state index in [1.54, 1.807) is 6.20 Å². The van der Waals surface area contributed by atoms with Gasteiger partial charge in [-0.05, 0) is 55.6 Å². The van der Waals surface area contributed by atoms with Crippen LogP contribution in [0.25, 0.3) is 0 Å². The summed E-state index contributed by atoms with van der Waals surface area (Å²) in [5, 5.41) is 20.6. The molecule has 3 aliphatic rings. The Balaban J connectivity index is 1.81. The first-order valence-electron chi connectivity index (χ1n) is 9.74. The first kappa shape index (κ1) is 16.6. The summed E-state index contributed by atoms with van der Waals surface area (Å²) in [5.74, 6) is 0.819. The van der Waals surface area contributed by atoms with Crippen LogP contribution in [-0.4, -0.2) is 21.0 Å². The summed E-state index contributed by atoms with van der Waals surface area (Å²) in [4.78, 5) is 6.60. The summed E-state index contributed by atoms with van der Waals surface area (Å²) in [5.41, 5.74) is 0.164. The third-order valence-corrected chi connectivity index (χ3v) is 7.05. The number of hydrogen-bond acceptors (Lipinski definition) is 4. The average molecular weight is 334 g/mol. The van der Waals surface area contributed by atoms with Gasteiger partial charge in [0, 0.05) is 18.9 Å². The second kappa shape index (κ2) is 6.43. The van der Waals surface area contributed by atoms with E-state index in [1.807, 2.05) is 12.3 Å². The summed E-state index contributed by atoms with van der Waals surface area (Å²) in [6.07, 6.45) is 13.5. The van der Waals surface area contributed by atoms with Crippen LogP contribution in [0.3, 0.4) is 0 Å². The molecule has 0 amide bonds. The zero-order chi connectivity index (χ0) is 17.3. The van der Waals surface area contributed by atoms with Crippen LogP contribution in [0.4, 0.5) is 0 Å². The van der Waals surface area contributed by atoms with Crippen molar-refractivity contribution in [1.82, 2.24) is 9.88 Å². The van der Waals surface area contributed by atoms with Gasteiger partial charge in [0.25, 0.3) is 0 Å². The van der Waals surface area contributed by atoms with E-state index in [9.17, 15) is 10.5 Å². The Hall–Kier alpha value is -1.91. The highest BCUT2D eigenvalue weighted by atomic mass is 15.3. The molecule has 2 aliphatic carbocycles. The number of pyridine rings is 1. The SMILES string of the molecule is N#C[C@]12CCCC[C@@H]1C[C@H]1CCCC[C@]1(C#N)N2Cc1cccnc1. The summed E-state index contributed by atoms with van der Waals surface area (Å²) in [6, 6.07) is 9.50. The maximum absolute atomic E-state index is 10.3. The Morgan fingerprint density at radius 3 is 2.20 bits per heavy atom. The number of rotatable bonds is 2. The summed E-state index contributed by atoms with van der Waals surface area (Å²) in [6.45, 7) is 0.669. The highest BCUT2D eigenvalue weighted by Gasteiger charge is 2.61. The highest BCUT2D eigenvalue weighted by molar-refractivity contribution is 5.28. The Morgan fingerprint density at radius 1 is 1.04 bits per heavy atom. The Labute approximate surface area is 150 Å². The second-order valence-electron chi connectivity index (χ2n) is 8.14. The molecule has 0 N–H and O–H groups in total. The molecule has 3 fully saturated rings. The van der Waals surface area contributed by atoms with Crippen molar-refractivity contribution in [1.29, 1.82) is 10.5 Å². The molecule has 1 aromatic heterocycles. The molecule has 0 spiro atoms. The van der Waals surface area contributed by atoms with Gasteiger partial charge >= 0.3 is 0 Å². The van der Waals surface area contributed by atoms with Gasteiger partial charge in [-0.2, -0.15) is 10.5 Å². The van der Waals surface area contributed by atoms with Crippen LogP contribution in [0.15, 0.2) is 24.5 Å². The van der Waals surface area contributed by atoms with Gasteiger partial charge < -0.3 is 0 Å². The van der Waals surface area contributed by atoms with E-state index in [2.05, 4.69) is 28.1 Å². The van der Waals surface area contributed by atoms with E-state index in [0.717, 1.165) is 50.5 Å². The summed E-state index contributed by atoms with van der Waals surface area (Å²) >= 11 is 0. The fraction of sp³-hybridized carbons (Fsp3) is 0.667. The number of nitriles is 2. The molecule has 4 atom stereocenters. The van der Waals surface area contributed by atoms with Crippen LogP contribution in [0, 0.1) is 34.5 Å². The molecule has 4 rings (SSSR count). The zero-order valence-corrected chi connectivity index (χ0v) is 14.8. The van der Waals surface area contributed by atoms with E-state index in [1.165, 1.54) is 12.8 Å². The van der Waals surface area contributed by atoms with E-state index in [4.69, 9.17) is 0 Å². The number of nitrogens with zero attached hydrogens (tertiary/aromatic N) is 4. The maximum Gasteiger partial charge on any atom is 0.113 e. The zero-order valence-electron chi connectivity index (χ0n) is 14.8. The van der Waals surface area contributed by atoms with Crippen LogP contribution in [0.5, 0.6) is 0 Å². The number of hydrogen-bond donors (Lipinski definition) is 0. The van der Waals surface area contributed by atoms with Crippen molar-refractivity contribution in [2.24, 2.45) is 11.8 Å². The van der Waals surface area contributed by atoms with Gasteiger partial charge in [0.2, 0.25) is 0 Å². The summed E-state index contributed by atoms with van der Waals surface area (Å²) in [7, 11) is 0. The molecule has 1 aromatic rings. The van der Waals surface area contributed by atoms with Crippen molar-refractivity contribution >= 4 is 0 Å². The van der Waals surface area contributed by atoms with E-state index in [0.29, 0.717) is 18.4 Å². The molecule has 0 radical (unpaired) electrons. The topological polar surface area (TPSA) is 63.7 Å². The number of piperidine rings is 1. The predicted molar refractivity (Wildman–Crippen MR) is 95.0 cm³/mol. The van der Waals surface area contributed by atoms with Gasteiger partial charge in [0.05, 0.1) is 12.1 Å². The minimum Gasteiger partial charge on any atom is -0.264 e. The summed E-state index contributed by atoms with van der Waals surface area (Å²) < 4.78 is 0. The van der Waals surface area contributed by atoms with Crippen molar-refractivity contribution in [2.75, 3.05) is 0 Å². The lowest BCUT2D eigenvalue weighted by Crippen LogP contribution is -2.70. The van der Waals surface area contributed by atoms with Gasteiger partial charge in [-0.1, -0.05) is 31.7 Å². The largest absolute Gasteiger partial charge is 0.264 e. The average Bonchev–Trinajstić information content (AvgIpc) is 2.68. The Morgan fingerprint density at radius 2 is 1.68 bits per heavy atom. The van der Waals surface area contributed by atoms with Crippen molar-refractivity contribution in [3.05, 3.63) is 30.1 Å². The molecule has 0 unspecified atom stereocenters. The van der Waals surface area contributed by atoms with Crippen LogP contribution in [-0.2, 0) is 6.54 Å². The molecule has 0 bridgehead atoms. The van der Waals surface area contributed by atoms with Crippen LogP contribution >= 0.6 is 0 Å². The molecular formula is C21H26N4. The molecule has 0 aromatic carbocycles. The van der Waals surface area contributed by atoms with Gasteiger partial charge in [-0.3, -0.25) is 9.88 Å². The highest BCUT2D eigenvalue weighted by Crippen LogP contribution is 2.56. The minimum absolute atomic E-state index is 0.410. The molecular weight excluding hydrogens is 308 g/mol. The molecule has 2 saturated carbocycles. The van der Waals surface area contributed by atoms with Crippen molar-refractivity contribution in [3.63, 3.8) is 0 Å². The molecule has 1 aliphatic heterocycles. The monoisotopic (exact) mass is 334 g/mol. The van der Waals surface area contributed by atoms with Crippen LogP contribution in [0.2, 0.25) is 0 Å². The number of fused-ring (bicyclic) bond motifs is 2. The Kier molecular flexibility index (Phi) is 4.26. The standard InChI is InChI=1S/C21H26N4/c22-15-20-9-3-1-7-18(20)12-19-8-2-4-10-21(19,16-23)25(20)14-17-6-5-11-24-13-17/h5-6,11,13,18-19H,1-4,7-10,12,14H2/t18-,19-,20-,21-/m1/s1. The van der Waals surface area contributed by atoms with Gasteiger partial charge in [-0.25, -0.2) is 0 Å². The lowest BCUT2D eigenvalue weighted by molar-refractivity contribution is -0.117. The van der Waals surface area contributed by atoms with Crippen molar-refractivity contribution < 1.29 is 0 Å². The van der Waals surface area contributed by atoms with Gasteiger partial charge in [0.1, 0.15) is 11.1 Å². The molecule has 25 heavy (non-hydrogen) atoms. The molecule has 4 nitrogen and oxygen atoms in total. The smallest absolute Gasteiger partial charge is 0.113 e. The minimum atomic E-state index is -0.475. The second-order valence-corrected chi connectivity index (χ2v) is 8.14. The number of likely N-dealkylation sites (tertiary alicyclic amines) is 1. The molecule has 130 valence electrons. The molecule has 2 heterocycles. The quantitative estimate of drug-likeness (QED) is 0.813. The van der Waals surface area contributed by atoms with Crippen LogP contribution in [0.1, 0.15) is 63.4 Å². The predicted octanol–water partition coefficient (Wildman–Crippen LogP) is 4.19. The van der Waals surface area contributed by atoms with Crippen LogP contribution < -0.4 is 0 Å². The maximum atomic E-state index is 10.3. The normalized spacial score (nSPS) is 38.0. The van der Waals surface area contributed by atoms with Gasteiger partial charge in [-0.15, -0.1) is 0 Å². The first-order valence-corrected chi connectivity index (χ1v) is 9.74. The van der Waals surface area contributed by atoms with E-state index < -0.39 is 11.1 Å². The van der Waals surface area contributed by atoms with E-state index >= 15 is 0 Å². The Bertz CT molecular complexity index is 663. The molecule has 1 saturated heterocycles. The van der Waals surface area contributed by atoms with Crippen molar-refractivity contribution in [3.8, 4) is 12.1 Å². The van der Waals surface area contributed by atoms with E-state index in [-0.39, 0.29) is 0 Å². The fourth-order valence-electron chi connectivity index (χ4n) is 5.86. The molecule has 4 heteroatoms. The first-order chi connectivity index (χ1) is 12.2. The number of aromatic nitrogens is 1. The lowest BCUT2D eigenvalue weighted by Gasteiger charge is -2.61. The third kappa shape index (κ3) is 2.47. The fourth-order valence-corrected chi connectivity index (χ4v) is 5.86. The van der Waals surface area contributed by atoms with Crippen molar-refractivity contribution in [2.45, 2.75) is 75.4 Å². The lowest BCUT2D eigenvalue weighted by atomic mass is 9.57. The third-order valence-electron chi connectivity index (χ3n) is 7.05. The van der Waals surface area contributed by atoms with Gasteiger partial charge in [0.15, 0.2) is 0 Å².